The van der Waals surface area contributed by atoms with Crippen LogP contribution in [0.5, 0.6) is 0 Å². The first-order valence-corrected chi connectivity index (χ1v) is 3.20. The van der Waals surface area contributed by atoms with Crippen LogP contribution in [0.4, 0.5) is 13.2 Å². The van der Waals surface area contributed by atoms with Crippen molar-refractivity contribution in [1.29, 1.82) is 0 Å². The SMILES string of the molecule is Cc1c(C(F)F)cc(=O)[nH]c1F. The van der Waals surface area contributed by atoms with Gasteiger partial charge in [-0.1, -0.05) is 0 Å². The molecule has 1 heterocycles. The van der Waals surface area contributed by atoms with Crippen molar-refractivity contribution >= 4 is 0 Å². The Bertz CT molecular complexity index is 345. The molecule has 0 atom stereocenters. The molecule has 1 rings (SSSR count). The van der Waals surface area contributed by atoms with Crippen molar-refractivity contribution in [1.82, 2.24) is 4.98 Å². The van der Waals surface area contributed by atoms with Crippen LogP contribution in [0.1, 0.15) is 17.6 Å². The minimum atomic E-state index is -2.82. The lowest BCUT2D eigenvalue weighted by atomic mass is 10.1. The maximum atomic E-state index is 12.6. The molecule has 0 amide bonds. The van der Waals surface area contributed by atoms with Crippen molar-refractivity contribution < 1.29 is 13.2 Å². The van der Waals surface area contributed by atoms with E-state index >= 15 is 0 Å². The van der Waals surface area contributed by atoms with Gasteiger partial charge in [0.25, 0.3) is 12.0 Å². The van der Waals surface area contributed by atoms with Gasteiger partial charge in [-0.15, -0.1) is 0 Å². The standard InChI is InChI=1S/C7H6F3NO/c1-3-4(6(8)9)2-5(12)11-7(3)10/h2,6H,1H3,(H,11,12). The van der Waals surface area contributed by atoms with E-state index in [-0.39, 0.29) is 5.56 Å². The van der Waals surface area contributed by atoms with Crippen LogP contribution in [0.2, 0.25) is 0 Å². The highest BCUT2D eigenvalue weighted by atomic mass is 19.3. The molecular formula is C7H6F3NO. The molecule has 0 saturated carbocycles. The molecule has 66 valence electrons. The fourth-order valence-corrected chi connectivity index (χ4v) is 0.841. The summed E-state index contributed by atoms with van der Waals surface area (Å²) in [6, 6.07) is 0.697. The van der Waals surface area contributed by atoms with E-state index < -0.39 is 23.5 Å². The molecule has 0 unspecified atom stereocenters. The Labute approximate surface area is 66.0 Å². The van der Waals surface area contributed by atoms with E-state index in [9.17, 15) is 18.0 Å². The molecule has 0 aromatic carbocycles. The topological polar surface area (TPSA) is 32.9 Å². The van der Waals surface area contributed by atoms with E-state index in [4.69, 9.17) is 0 Å². The van der Waals surface area contributed by atoms with Crippen molar-refractivity contribution in [3.63, 3.8) is 0 Å². The third-order valence-corrected chi connectivity index (χ3v) is 1.52. The highest BCUT2D eigenvalue weighted by Gasteiger charge is 2.14. The van der Waals surface area contributed by atoms with Gasteiger partial charge in [-0.2, -0.15) is 4.39 Å². The third-order valence-electron chi connectivity index (χ3n) is 1.52. The first-order chi connectivity index (χ1) is 5.52. The maximum absolute atomic E-state index is 12.6. The van der Waals surface area contributed by atoms with E-state index in [0.717, 1.165) is 0 Å². The van der Waals surface area contributed by atoms with Crippen molar-refractivity contribution in [2.75, 3.05) is 0 Å². The van der Waals surface area contributed by atoms with E-state index in [1.165, 1.54) is 6.92 Å². The quantitative estimate of drug-likeness (QED) is 0.651. The molecule has 0 spiro atoms. The zero-order valence-electron chi connectivity index (χ0n) is 6.20. The number of halogens is 3. The molecule has 0 aliphatic heterocycles. The summed E-state index contributed by atoms with van der Waals surface area (Å²) >= 11 is 0. The summed E-state index contributed by atoms with van der Waals surface area (Å²) in [5, 5.41) is 0. The Balaban J connectivity index is 3.38. The average Bonchev–Trinajstić information content (AvgIpc) is 1.96. The van der Waals surface area contributed by atoms with E-state index in [2.05, 4.69) is 0 Å². The fraction of sp³-hybridized carbons (Fsp3) is 0.286. The second kappa shape index (κ2) is 3.00. The van der Waals surface area contributed by atoms with Gasteiger partial charge >= 0.3 is 0 Å². The van der Waals surface area contributed by atoms with E-state index in [0.29, 0.717) is 6.07 Å². The molecule has 0 aliphatic rings. The number of aromatic nitrogens is 1. The summed E-state index contributed by atoms with van der Waals surface area (Å²) in [4.78, 5) is 12.3. The van der Waals surface area contributed by atoms with Gasteiger partial charge in [0.15, 0.2) is 5.95 Å². The number of aromatic amines is 1. The number of nitrogens with one attached hydrogen (secondary N) is 1. The molecule has 1 N–H and O–H groups in total. The average molecular weight is 177 g/mol. The lowest BCUT2D eigenvalue weighted by molar-refractivity contribution is 0.149. The van der Waals surface area contributed by atoms with Crippen LogP contribution in [-0.4, -0.2) is 4.98 Å². The first kappa shape index (κ1) is 8.83. The van der Waals surface area contributed by atoms with Gasteiger partial charge in [0.2, 0.25) is 0 Å². The van der Waals surface area contributed by atoms with Gasteiger partial charge in [0.1, 0.15) is 0 Å². The third kappa shape index (κ3) is 1.49. The van der Waals surface area contributed by atoms with Gasteiger partial charge in [0.05, 0.1) is 0 Å². The van der Waals surface area contributed by atoms with Crippen LogP contribution < -0.4 is 5.56 Å². The summed E-state index contributed by atoms with van der Waals surface area (Å²) in [7, 11) is 0. The Hall–Kier alpha value is -1.26. The van der Waals surface area contributed by atoms with Crippen LogP contribution in [0.3, 0.4) is 0 Å². The number of H-pyrrole nitrogens is 1. The number of alkyl halides is 2. The van der Waals surface area contributed by atoms with Crippen LogP contribution in [-0.2, 0) is 0 Å². The summed E-state index contributed by atoms with van der Waals surface area (Å²) in [6.45, 7) is 1.19. The molecule has 0 saturated heterocycles. The summed E-state index contributed by atoms with van der Waals surface area (Å²) in [5.41, 5.74) is -1.63. The second-order valence-electron chi connectivity index (χ2n) is 2.33. The number of rotatable bonds is 1. The summed E-state index contributed by atoms with van der Waals surface area (Å²) < 4.78 is 36.7. The van der Waals surface area contributed by atoms with Crippen LogP contribution >= 0.6 is 0 Å². The minimum Gasteiger partial charge on any atom is -0.299 e. The Morgan fingerprint density at radius 1 is 1.50 bits per heavy atom. The van der Waals surface area contributed by atoms with E-state index in [1.54, 1.807) is 4.98 Å². The number of hydrogen-bond donors (Lipinski definition) is 1. The molecule has 1 aromatic rings. The highest BCUT2D eigenvalue weighted by molar-refractivity contribution is 5.23. The first-order valence-electron chi connectivity index (χ1n) is 3.20. The zero-order valence-corrected chi connectivity index (χ0v) is 6.20. The maximum Gasteiger partial charge on any atom is 0.264 e. The molecule has 1 aromatic heterocycles. The van der Waals surface area contributed by atoms with Crippen LogP contribution in [0.15, 0.2) is 10.9 Å². The van der Waals surface area contributed by atoms with Crippen molar-refractivity contribution in [3.05, 3.63) is 33.5 Å². The zero-order chi connectivity index (χ0) is 9.30. The molecule has 0 bridgehead atoms. The van der Waals surface area contributed by atoms with Gasteiger partial charge in [0, 0.05) is 17.2 Å². The molecule has 0 radical (unpaired) electrons. The predicted molar refractivity (Wildman–Crippen MR) is 36.7 cm³/mol. The van der Waals surface area contributed by atoms with Crippen molar-refractivity contribution in [3.8, 4) is 0 Å². The monoisotopic (exact) mass is 177 g/mol. The molecule has 0 fully saturated rings. The summed E-state index contributed by atoms with van der Waals surface area (Å²) in [6.07, 6.45) is -2.82. The van der Waals surface area contributed by atoms with Gasteiger partial charge < -0.3 is 0 Å². The largest absolute Gasteiger partial charge is 0.299 e. The van der Waals surface area contributed by atoms with Gasteiger partial charge in [-0.25, -0.2) is 8.78 Å². The Kier molecular flexibility index (Phi) is 2.21. The van der Waals surface area contributed by atoms with Crippen molar-refractivity contribution in [2.24, 2.45) is 0 Å². The molecule has 0 aliphatic carbocycles. The number of hydrogen-bond acceptors (Lipinski definition) is 1. The minimum absolute atomic E-state index is 0.218. The van der Waals surface area contributed by atoms with Crippen LogP contribution in [0.25, 0.3) is 0 Å². The van der Waals surface area contributed by atoms with Gasteiger partial charge in [-0.3, -0.25) is 9.78 Å². The molecule has 5 heteroatoms. The fourth-order valence-electron chi connectivity index (χ4n) is 0.841. The van der Waals surface area contributed by atoms with Crippen molar-refractivity contribution in [2.45, 2.75) is 13.3 Å². The second-order valence-corrected chi connectivity index (χ2v) is 2.33. The molecular weight excluding hydrogens is 171 g/mol. The normalized spacial score (nSPS) is 10.8. The molecule has 12 heavy (non-hydrogen) atoms. The lowest BCUT2D eigenvalue weighted by Crippen LogP contribution is -2.11. The highest BCUT2D eigenvalue weighted by Crippen LogP contribution is 2.21. The Morgan fingerprint density at radius 2 is 2.08 bits per heavy atom. The lowest BCUT2D eigenvalue weighted by Gasteiger charge is -2.03. The predicted octanol–water partition coefficient (Wildman–Crippen LogP) is 1.76. The van der Waals surface area contributed by atoms with Crippen LogP contribution in [0, 0.1) is 12.9 Å². The molecule has 2 nitrogen and oxygen atoms in total. The van der Waals surface area contributed by atoms with Gasteiger partial charge in [-0.05, 0) is 6.92 Å². The number of pyridine rings is 1. The smallest absolute Gasteiger partial charge is 0.264 e. The summed E-state index contributed by atoms with van der Waals surface area (Å²) in [5.74, 6) is -1.00. The van der Waals surface area contributed by atoms with E-state index in [1.807, 2.05) is 0 Å². The Morgan fingerprint density at radius 3 is 2.58 bits per heavy atom.